The molecule has 22 heavy (non-hydrogen) atoms. The highest BCUT2D eigenvalue weighted by Gasteiger charge is 2.19. The quantitative estimate of drug-likeness (QED) is 0.564. The lowest BCUT2D eigenvalue weighted by Gasteiger charge is -2.10. The first-order valence-corrected chi connectivity index (χ1v) is 7.46. The van der Waals surface area contributed by atoms with Gasteiger partial charge in [0.05, 0.1) is 5.71 Å². The van der Waals surface area contributed by atoms with Gasteiger partial charge in [-0.2, -0.15) is 0 Å². The molecule has 0 saturated heterocycles. The summed E-state index contributed by atoms with van der Waals surface area (Å²) in [6, 6.07) is 6.94. The zero-order valence-corrected chi connectivity index (χ0v) is 13.3. The predicted molar refractivity (Wildman–Crippen MR) is 84.0 cm³/mol. The molecule has 0 aliphatic rings. The summed E-state index contributed by atoms with van der Waals surface area (Å²) >= 11 is -2.00. The number of carbonyl (C=O) groups excluding carboxylic acids is 1. The minimum atomic E-state index is -2.00. The molecule has 3 N–H and O–H groups in total. The highest BCUT2D eigenvalue weighted by Crippen LogP contribution is 2.12. The second-order valence-corrected chi connectivity index (χ2v) is 5.12. The third-order valence-corrected chi connectivity index (χ3v) is 2.72. The minimum absolute atomic E-state index is 0.0577. The summed E-state index contributed by atoms with van der Waals surface area (Å²) in [5, 5.41) is 12.6. The van der Waals surface area contributed by atoms with Crippen LogP contribution in [-0.2, 0) is 32.2 Å². The Labute approximate surface area is 131 Å². The van der Waals surface area contributed by atoms with Crippen molar-refractivity contribution in [3.8, 4) is 0 Å². The number of nitrogens with two attached hydrogens (primary N) is 1. The largest absolute Gasteiger partial charge is 0.398 e. The first-order valence-electron chi connectivity index (χ1n) is 6.25. The Hall–Kier alpha value is -2.26. The van der Waals surface area contributed by atoms with Crippen LogP contribution >= 0.6 is 0 Å². The molecule has 1 atom stereocenters. The lowest BCUT2D eigenvalue weighted by atomic mass is 10.0. The molecule has 1 rings (SSSR count). The Balaban J connectivity index is 3.10. The number of nitrogens with one attached hydrogen (secondary N) is 1. The number of hydrogen-bond acceptors (Lipinski definition) is 6. The highest BCUT2D eigenvalue weighted by atomic mass is 32.2. The van der Waals surface area contributed by atoms with Gasteiger partial charge in [0.1, 0.15) is 13.7 Å². The molecule has 0 fully saturated rings. The molecule has 0 aromatic heterocycles. The molecule has 1 amide bonds. The number of benzene rings is 1. The van der Waals surface area contributed by atoms with Crippen molar-refractivity contribution in [2.24, 2.45) is 15.5 Å². The average molecular weight is 326 g/mol. The second kappa shape index (κ2) is 8.90. The van der Waals surface area contributed by atoms with Crippen molar-refractivity contribution in [3.63, 3.8) is 0 Å². The Morgan fingerprint density at radius 1 is 1.32 bits per heavy atom. The molecule has 8 nitrogen and oxygen atoms in total. The summed E-state index contributed by atoms with van der Waals surface area (Å²) in [5.41, 5.74) is 1.84. The van der Waals surface area contributed by atoms with Crippen LogP contribution in [0.2, 0.25) is 0 Å². The Morgan fingerprint density at radius 3 is 2.59 bits per heavy atom. The van der Waals surface area contributed by atoms with Gasteiger partial charge >= 0.3 is 0 Å². The van der Waals surface area contributed by atoms with E-state index in [-0.39, 0.29) is 12.3 Å². The molecular formula is C13H18N4O4S. The maximum atomic E-state index is 12.0. The Bertz CT molecular complexity index is 612. The highest BCUT2D eigenvalue weighted by molar-refractivity contribution is 7.81. The maximum absolute atomic E-state index is 12.0. The number of oxime groups is 2. The van der Waals surface area contributed by atoms with Gasteiger partial charge in [0.15, 0.2) is 16.9 Å². The molecule has 0 radical (unpaired) electrons. The molecule has 0 saturated carbocycles. The molecular weight excluding hydrogens is 308 g/mol. The second-order valence-electron chi connectivity index (χ2n) is 4.32. The molecule has 0 aliphatic heterocycles. The summed E-state index contributed by atoms with van der Waals surface area (Å²) < 4.78 is 13.0. The fourth-order valence-corrected chi connectivity index (χ4v) is 1.83. The number of amides is 1. The van der Waals surface area contributed by atoms with Crippen LogP contribution in [0.5, 0.6) is 0 Å². The fourth-order valence-electron chi connectivity index (χ4n) is 1.55. The van der Waals surface area contributed by atoms with Crippen LogP contribution in [0.1, 0.15) is 25.0 Å². The van der Waals surface area contributed by atoms with E-state index in [1.807, 2.05) is 0 Å². The molecule has 1 aromatic rings. The van der Waals surface area contributed by atoms with Gasteiger partial charge in [-0.1, -0.05) is 34.6 Å². The summed E-state index contributed by atoms with van der Waals surface area (Å²) in [4.78, 5) is 21.9. The van der Waals surface area contributed by atoms with E-state index in [0.717, 1.165) is 5.71 Å². The van der Waals surface area contributed by atoms with Gasteiger partial charge in [-0.05, 0) is 13.8 Å². The van der Waals surface area contributed by atoms with Crippen LogP contribution in [0.25, 0.3) is 0 Å². The van der Waals surface area contributed by atoms with Crippen molar-refractivity contribution in [1.29, 1.82) is 0 Å². The van der Waals surface area contributed by atoms with Crippen LogP contribution in [0.15, 0.2) is 34.6 Å². The molecule has 0 spiro atoms. The summed E-state index contributed by atoms with van der Waals surface area (Å²) in [6.45, 7) is 3.74. The van der Waals surface area contributed by atoms with Crippen LogP contribution in [0, 0.1) is 0 Å². The lowest BCUT2D eigenvalue weighted by molar-refractivity contribution is -0.113. The average Bonchev–Trinajstić information content (AvgIpc) is 2.44. The van der Waals surface area contributed by atoms with Crippen molar-refractivity contribution in [2.75, 3.05) is 7.11 Å². The molecule has 120 valence electrons. The summed E-state index contributed by atoms with van der Waals surface area (Å²) in [6.07, 6.45) is 0. The van der Waals surface area contributed by atoms with E-state index in [4.69, 9.17) is 9.98 Å². The zero-order valence-electron chi connectivity index (χ0n) is 12.5. The Morgan fingerprint density at radius 2 is 2.00 bits per heavy atom. The summed E-state index contributed by atoms with van der Waals surface area (Å²) in [7, 11) is 1.30. The number of rotatable bonds is 7. The monoisotopic (exact) mass is 326 g/mol. The van der Waals surface area contributed by atoms with E-state index in [9.17, 15) is 9.00 Å². The third-order valence-electron chi connectivity index (χ3n) is 2.33. The van der Waals surface area contributed by atoms with Crippen LogP contribution < -0.4 is 9.86 Å². The van der Waals surface area contributed by atoms with E-state index in [1.165, 1.54) is 7.11 Å². The van der Waals surface area contributed by atoms with Gasteiger partial charge in [-0.15, -0.1) is 0 Å². The molecule has 0 aliphatic carbocycles. The fraction of sp³-hybridized carbons (Fsp3) is 0.308. The summed E-state index contributed by atoms with van der Waals surface area (Å²) in [5.74, 6) is -0.717. The van der Waals surface area contributed by atoms with Crippen LogP contribution in [-0.4, -0.2) is 28.6 Å². The maximum Gasteiger partial charge on any atom is 0.286 e. The normalized spacial score (nSPS) is 12.3. The van der Waals surface area contributed by atoms with E-state index in [2.05, 4.69) is 19.9 Å². The van der Waals surface area contributed by atoms with Gasteiger partial charge in [0.25, 0.3) is 5.91 Å². The van der Waals surface area contributed by atoms with Crippen molar-refractivity contribution in [3.05, 3.63) is 35.4 Å². The predicted octanol–water partition coefficient (Wildman–Crippen LogP) is 0.603. The SMILES string of the molecule is CO/N=C(/C(=O)NS(N)=O)c1ccccc1CON=C(C)C. The van der Waals surface area contributed by atoms with Crippen LogP contribution in [0.4, 0.5) is 0 Å². The van der Waals surface area contributed by atoms with Crippen molar-refractivity contribution in [2.45, 2.75) is 20.5 Å². The van der Waals surface area contributed by atoms with Crippen molar-refractivity contribution >= 4 is 28.5 Å². The van der Waals surface area contributed by atoms with Crippen molar-refractivity contribution in [1.82, 2.24) is 4.72 Å². The number of nitrogens with zero attached hydrogens (tertiary/aromatic N) is 2. The van der Waals surface area contributed by atoms with Gasteiger partial charge < -0.3 is 9.68 Å². The zero-order chi connectivity index (χ0) is 16.5. The lowest BCUT2D eigenvalue weighted by Crippen LogP contribution is -2.36. The van der Waals surface area contributed by atoms with E-state index < -0.39 is 17.1 Å². The smallest absolute Gasteiger partial charge is 0.286 e. The standard InChI is InChI=1S/C13H18N4O4S/c1-9(2)15-21-8-10-6-4-5-7-11(10)12(16-20-3)13(18)17-22(14)19/h4-7H,8,14H2,1-3H3,(H,17,18)/b16-12+. The minimum Gasteiger partial charge on any atom is -0.398 e. The Kier molecular flexibility index (Phi) is 7.20. The number of hydrogen-bond donors (Lipinski definition) is 2. The van der Waals surface area contributed by atoms with Gasteiger partial charge in [0, 0.05) is 11.1 Å². The van der Waals surface area contributed by atoms with E-state index in [1.54, 1.807) is 38.1 Å². The molecule has 0 heterocycles. The molecule has 1 aromatic carbocycles. The van der Waals surface area contributed by atoms with E-state index >= 15 is 0 Å². The van der Waals surface area contributed by atoms with Crippen molar-refractivity contribution < 1.29 is 18.7 Å². The topological polar surface area (TPSA) is 115 Å². The number of carbonyl (C=O) groups is 1. The van der Waals surface area contributed by atoms with Gasteiger partial charge in [-0.3, -0.25) is 9.52 Å². The van der Waals surface area contributed by atoms with Crippen LogP contribution in [0.3, 0.4) is 0 Å². The first kappa shape index (κ1) is 17.8. The molecule has 9 heteroatoms. The first-order chi connectivity index (χ1) is 10.5. The third kappa shape index (κ3) is 5.62. The van der Waals surface area contributed by atoms with Gasteiger partial charge in [0.2, 0.25) is 0 Å². The van der Waals surface area contributed by atoms with Gasteiger partial charge in [-0.25, -0.2) is 9.35 Å². The van der Waals surface area contributed by atoms with E-state index in [0.29, 0.717) is 11.1 Å². The molecule has 0 bridgehead atoms. The molecule has 1 unspecified atom stereocenters.